The van der Waals surface area contributed by atoms with Crippen molar-refractivity contribution in [2.75, 3.05) is 37.6 Å². The van der Waals surface area contributed by atoms with Crippen molar-refractivity contribution in [3.05, 3.63) is 29.3 Å². The monoisotopic (exact) mass is 351 g/mol. The molecule has 2 rings (SSSR count). The van der Waals surface area contributed by atoms with Gasteiger partial charge in [0.1, 0.15) is 0 Å². The van der Waals surface area contributed by atoms with E-state index in [9.17, 15) is 9.59 Å². The van der Waals surface area contributed by atoms with Gasteiger partial charge in [-0.15, -0.1) is 0 Å². The molecule has 1 heterocycles. The largest absolute Gasteiger partial charge is 0.368 e. The van der Waals surface area contributed by atoms with Crippen LogP contribution in [0.2, 0.25) is 5.02 Å². The highest BCUT2D eigenvalue weighted by molar-refractivity contribution is 6.30. The van der Waals surface area contributed by atoms with Gasteiger partial charge in [0.05, 0.1) is 0 Å². The smallest absolute Gasteiger partial charge is 0.224 e. The van der Waals surface area contributed by atoms with E-state index in [1.165, 1.54) is 0 Å². The fourth-order valence-corrected chi connectivity index (χ4v) is 3.22. The lowest BCUT2D eigenvalue weighted by Crippen LogP contribution is -2.49. The van der Waals surface area contributed by atoms with E-state index in [4.69, 9.17) is 11.6 Å². The molecule has 1 aliphatic rings. The van der Waals surface area contributed by atoms with Crippen molar-refractivity contribution in [1.82, 2.24) is 9.80 Å². The number of amides is 2. The normalized spacial score (nSPS) is 14.9. The van der Waals surface area contributed by atoms with Crippen LogP contribution in [0.3, 0.4) is 0 Å². The van der Waals surface area contributed by atoms with E-state index in [0.29, 0.717) is 26.1 Å². The van der Waals surface area contributed by atoms with E-state index < -0.39 is 0 Å². The molecule has 0 N–H and O–H groups in total. The van der Waals surface area contributed by atoms with Crippen molar-refractivity contribution in [3.63, 3.8) is 0 Å². The summed E-state index contributed by atoms with van der Waals surface area (Å²) in [6.07, 6.45) is 0.384. The number of piperazine rings is 1. The van der Waals surface area contributed by atoms with E-state index in [0.717, 1.165) is 23.8 Å². The van der Waals surface area contributed by atoms with Gasteiger partial charge >= 0.3 is 0 Å². The Morgan fingerprint density at radius 3 is 2.42 bits per heavy atom. The lowest BCUT2D eigenvalue weighted by molar-refractivity contribution is -0.134. The molecular formula is C18H26ClN3O2. The zero-order valence-corrected chi connectivity index (χ0v) is 15.4. The van der Waals surface area contributed by atoms with Crippen LogP contribution in [0.4, 0.5) is 5.69 Å². The van der Waals surface area contributed by atoms with Gasteiger partial charge in [-0.1, -0.05) is 17.7 Å². The molecule has 0 unspecified atom stereocenters. The van der Waals surface area contributed by atoms with Crippen molar-refractivity contribution in [2.45, 2.75) is 33.2 Å². The summed E-state index contributed by atoms with van der Waals surface area (Å²) in [4.78, 5) is 29.8. The molecule has 6 heteroatoms. The van der Waals surface area contributed by atoms with Crippen LogP contribution in [0.25, 0.3) is 0 Å². The third-order valence-electron chi connectivity index (χ3n) is 4.40. The van der Waals surface area contributed by atoms with E-state index >= 15 is 0 Å². The Bertz CT molecular complexity index is 583. The molecule has 0 aliphatic carbocycles. The molecular weight excluding hydrogens is 326 g/mol. The highest BCUT2D eigenvalue weighted by atomic mass is 35.5. The molecule has 1 fully saturated rings. The Labute approximate surface area is 149 Å². The summed E-state index contributed by atoms with van der Waals surface area (Å²) in [6, 6.07) is 7.91. The molecule has 0 aromatic heterocycles. The highest BCUT2D eigenvalue weighted by Gasteiger charge is 2.22. The lowest BCUT2D eigenvalue weighted by atomic mass is 10.2. The molecule has 1 aromatic rings. The number of carbonyl (C=O) groups excluding carboxylic acids is 2. The predicted octanol–water partition coefficient (Wildman–Crippen LogP) is 2.64. The van der Waals surface area contributed by atoms with Gasteiger partial charge in [0.2, 0.25) is 11.8 Å². The zero-order valence-electron chi connectivity index (χ0n) is 14.7. The van der Waals surface area contributed by atoms with Crippen LogP contribution >= 0.6 is 11.6 Å². The Hall–Kier alpha value is -1.75. The lowest BCUT2D eigenvalue weighted by Gasteiger charge is -2.36. The Morgan fingerprint density at radius 1 is 1.21 bits per heavy atom. The third-order valence-corrected chi connectivity index (χ3v) is 4.64. The maximum absolute atomic E-state index is 12.4. The van der Waals surface area contributed by atoms with Crippen LogP contribution < -0.4 is 4.90 Å². The maximum Gasteiger partial charge on any atom is 0.224 e. The van der Waals surface area contributed by atoms with Gasteiger partial charge in [-0.2, -0.15) is 0 Å². The topological polar surface area (TPSA) is 43.9 Å². The minimum Gasteiger partial charge on any atom is -0.368 e. The second-order valence-corrected chi connectivity index (χ2v) is 6.84. The third kappa shape index (κ3) is 4.87. The first-order valence-electron chi connectivity index (χ1n) is 8.44. The standard InChI is InChI=1S/C18H26ClN3O2/c1-14(2)22(15(3)23)8-7-18(24)21-11-9-20(10-12-21)17-6-4-5-16(19)13-17/h4-6,13-14H,7-12H2,1-3H3. The number of benzene rings is 1. The quantitative estimate of drug-likeness (QED) is 0.819. The van der Waals surface area contributed by atoms with E-state index in [1.54, 1.807) is 11.8 Å². The number of carbonyl (C=O) groups is 2. The van der Waals surface area contributed by atoms with Crippen LogP contribution in [0.15, 0.2) is 24.3 Å². The van der Waals surface area contributed by atoms with Crippen molar-refractivity contribution in [3.8, 4) is 0 Å². The van der Waals surface area contributed by atoms with Crippen molar-refractivity contribution in [1.29, 1.82) is 0 Å². The molecule has 0 bridgehead atoms. The second-order valence-electron chi connectivity index (χ2n) is 6.40. The number of hydrogen-bond donors (Lipinski definition) is 0. The van der Waals surface area contributed by atoms with E-state index in [1.807, 2.05) is 43.0 Å². The van der Waals surface area contributed by atoms with E-state index in [-0.39, 0.29) is 17.9 Å². The molecule has 1 aliphatic heterocycles. The zero-order chi connectivity index (χ0) is 17.7. The van der Waals surface area contributed by atoms with Gasteiger partial charge in [0.25, 0.3) is 0 Å². The molecule has 2 amide bonds. The predicted molar refractivity (Wildman–Crippen MR) is 97.4 cm³/mol. The van der Waals surface area contributed by atoms with Crippen molar-refractivity contribution in [2.24, 2.45) is 0 Å². The Morgan fingerprint density at radius 2 is 1.88 bits per heavy atom. The van der Waals surface area contributed by atoms with Crippen molar-refractivity contribution < 1.29 is 9.59 Å². The molecule has 132 valence electrons. The molecule has 5 nitrogen and oxygen atoms in total. The van der Waals surface area contributed by atoms with Gasteiger partial charge in [-0.05, 0) is 32.0 Å². The van der Waals surface area contributed by atoms with Crippen LogP contribution in [0.1, 0.15) is 27.2 Å². The minimum absolute atomic E-state index is 0.0172. The van der Waals surface area contributed by atoms with Crippen molar-refractivity contribution >= 4 is 29.1 Å². The summed E-state index contributed by atoms with van der Waals surface area (Å²) < 4.78 is 0. The first-order chi connectivity index (χ1) is 11.4. The van der Waals surface area contributed by atoms with Gasteiger partial charge in [0.15, 0.2) is 0 Å². The summed E-state index contributed by atoms with van der Waals surface area (Å²) in [7, 11) is 0. The highest BCUT2D eigenvalue weighted by Crippen LogP contribution is 2.21. The summed E-state index contributed by atoms with van der Waals surface area (Å²) >= 11 is 6.04. The SMILES string of the molecule is CC(=O)N(CCC(=O)N1CCN(c2cccc(Cl)c2)CC1)C(C)C. The fourth-order valence-electron chi connectivity index (χ4n) is 3.04. The molecule has 0 radical (unpaired) electrons. The Balaban J connectivity index is 1.83. The first-order valence-corrected chi connectivity index (χ1v) is 8.81. The summed E-state index contributed by atoms with van der Waals surface area (Å²) in [5.74, 6) is 0.135. The Kier molecular flexibility index (Phi) is 6.49. The fraction of sp³-hybridized carbons (Fsp3) is 0.556. The van der Waals surface area contributed by atoms with Gasteiger partial charge in [-0.25, -0.2) is 0 Å². The number of hydrogen-bond acceptors (Lipinski definition) is 3. The average Bonchev–Trinajstić information content (AvgIpc) is 2.54. The molecule has 0 saturated carbocycles. The number of rotatable bonds is 5. The van der Waals surface area contributed by atoms with Gasteiger partial charge in [0, 0.05) is 62.8 Å². The average molecular weight is 352 g/mol. The van der Waals surface area contributed by atoms with E-state index in [2.05, 4.69) is 4.90 Å². The number of nitrogens with zero attached hydrogens (tertiary/aromatic N) is 3. The number of anilines is 1. The molecule has 0 atom stereocenters. The first kappa shape index (κ1) is 18.6. The minimum atomic E-state index is 0.0172. The van der Waals surface area contributed by atoms with Crippen LogP contribution in [-0.4, -0.2) is 60.4 Å². The maximum atomic E-state index is 12.4. The van der Waals surface area contributed by atoms with Crippen LogP contribution in [0, 0.1) is 0 Å². The van der Waals surface area contributed by atoms with Crippen LogP contribution in [-0.2, 0) is 9.59 Å². The summed E-state index contributed by atoms with van der Waals surface area (Å²) in [6.45, 7) is 8.97. The van der Waals surface area contributed by atoms with Gasteiger partial charge in [-0.3, -0.25) is 9.59 Å². The molecule has 0 spiro atoms. The molecule has 1 aromatic carbocycles. The molecule has 1 saturated heterocycles. The number of halogens is 1. The summed E-state index contributed by atoms with van der Waals surface area (Å²) in [5, 5.41) is 0.726. The van der Waals surface area contributed by atoms with Gasteiger partial charge < -0.3 is 14.7 Å². The second kappa shape index (κ2) is 8.38. The summed E-state index contributed by atoms with van der Waals surface area (Å²) in [5.41, 5.74) is 1.09. The molecule has 24 heavy (non-hydrogen) atoms. The van der Waals surface area contributed by atoms with Crippen LogP contribution in [0.5, 0.6) is 0 Å².